The lowest BCUT2D eigenvalue weighted by Crippen LogP contribution is -2.45. The third-order valence-corrected chi connectivity index (χ3v) is 3.33. The van der Waals surface area contributed by atoms with E-state index in [-0.39, 0.29) is 13.0 Å². The molecule has 102 valence electrons. The Morgan fingerprint density at radius 3 is 2.63 bits per heavy atom. The molecule has 0 fully saturated rings. The third-order valence-electron chi connectivity index (χ3n) is 3.33. The topological polar surface area (TPSA) is 84.9 Å². The standard InChI is InChI=1S/C14H18N2O3/c1-2-3-10-4-6-11(7-5-10)12-8-14(9-15,13(17)18)19-16-12/h4-7H,2-3,8-9,15H2,1H3,(H,17,18). The molecule has 0 spiro atoms. The van der Waals surface area contributed by atoms with Gasteiger partial charge in [0.05, 0.1) is 5.71 Å². The van der Waals surface area contributed by atoms with Gasteiger partial charge >= 0.3 is 5.97 Å². The van der Waals surface area contributed by atoms with Crippen molar-refractivity contribution in [2.45, 2.75) is 31.8 Å². The van der Waals surface area contributed by atoms with Crippen molar-refractivity contribution in [3.05, 3.63) is 35.4 Å². The lowest BCUT2D eigenvalue weighted by molar-refractivity contribution is -0.161. The first-order valence-corrected chi connectivity index (χ1v) is 6.39. The summed E-state index contributed by atoms with van der Waals surface area (Å²) in [6.07, 6.45) is 2.33. The van der Waals surface area contributed by atoms with E-state index in [1.165, 1.54) is 5.56 Å². The largest absolute Gasteiger partial charge is 0.478 e. The highest BCUT2D eigenvalue weighted by Gasteiger charge is 2.45. The van der Waals surface area contributed by atoms with Crippen LogP contribution in [0.1, 0.15) is 30.9 Å². The van der Waals surface area contributed by atoms with E-state index in [1.54, 1.807) is 0 Å². The van der Waals surface area contributed by atoms with Crippen molar-refractivity contribution in [2.24, 2.45) is 10.9 Å². The fourth-order valence-electron chi connectivity index (χ4n) is 2.10. The van der Waals surface area contributed by atoms with Gasteiger partial charge in [-0.05, 0) is 17.5 Å². The van der Waals surface area contributed by atoms with E-state index < -0.39 is 11.6 Å². The van der Waals surface area contributed by atoms with Gasteiger partial charge in [-0.25, -0.2) is 4.79 Å². The number of carboxylic acids is 1. The number of benzene rings is 1. The second kappa shape index (κ2) is 5.40. The van der Waals surface area contributed by atoms with E-state index in [0.29, 0.717) is 5.71 Å². The van der Waals surface area contributed by atoms with Gasteiger partial charge in [-0.1, -0.05) is 42.8 Å². The molecule has 1 heterocycles. The molecule has 0 amide bonds. The van der Waals surface area contributed by atoms with Crippen LogP contribution in [0.15, 0.2) is 29.4 Å². The van der Waals surface area contributed by atoms with Crippen molar-refractivity contribution in [2.75, 3.05) is 6.54 Å². The highest BCUT2D eigenvalue weighted by molar-refractivity contribution is 6.04. The van der Waals surface area contributed by atoms with Crippen LogP contribution in [-0.4, -0.2) is 28.9 Å². The van der Waals surface area contributed by atoms with Gasteiger partial charge in [-0.15, -0.1) is 0 Å². The zero-order valence-corrected chi connectivity index (χ0v) is 10.9. The first-order valence-electron chi connectivity index (χ1n) is 6.39. The quantitative estimate of drug-likeness (QED) is 0.843. The predicted molar refractivity (Wildman–Crippen MR) is 72.1 cm³/mol. The molecule has 1 aliphatic rings. The fourth-order valence-corrected chi connectivity index (χ4v) is 2.10. The maximum atomic E-state index is 11.2. The molecule has 0 saturated carbocycles. The molecule has 5 nitrogen and oxygen atoms in total. The van der Waals surface area contributed by atoms with Crippen molar-refractivity contribution in [1.29, 1.82) is 0 Å². The van der Waals surface area contributed by atoms with Gasteiger partial charge in [0.2, 0.25) is 0 Å². The minimum absolute atomic E-state index is 0.0940. The van der Waals surface area contributed by atoms with Crippen LogP contribution in [0.2, 0.25) is 0 Å². The molecule has 1 aromatic rings. The number of aryl methyl sites for hydroxylation is 1. The highest BCUT2D eigenvalue weighted by Crippen LogP contribution is 2.26. The summed E-state index contributed by atoms with van der Waals surface area (Å²) in [6, 6.07) is 7.96. The third kappa shape index (κ3) is 2.61. The summed E-state index contributed by atoms with van der Waals surface area (Å²) < 4.78 is 0. The summed E-state index contributed by atoms with van der Waals surface area (Å²) in [5, 5.41) is 13.0. The number of rotatable bonds is 5. The number of aliphatic carboxylic acids is 1. The first kappa shape index (κ1) is 13.5. The van der Waals surface area contributed by atoms with Crippen LogP contribution in [0.3, 0.4) is 0 Å². The molecule has 2 rings (SSSR count). The molecule has 0 saturated heterocycles. The predicted octanol–water partition coefficient (Wildman–Crippen LogP) is 1.55. The highest BCUT2D eigenvalue weighted by atomic mass is 16.7. The van der Waals surface area contributed by atoms with Crippen molar-refractivity contribution < 1.29 is 14.7 Å². The summed E-state index contributed by atoms with van der Waals surface area (Å²) >= 11 is 0. The molecule has 5 heteroatoms. The lowest BCUT2D eigenvalue weighted by Gasteiger charge is -2.18. The van der Waals surface area contributed by atoms with E-state index in [2.05, 4.69) is 12.1 Å². The van der Waals surface area contributed by atoms with Crippen LogP contribution < -0.4 is 5.73 Å². The molecule has 1 unspecified atom stereocenters. The van der Waals surface area contributed by atoms with Crippen LogP contribution in [-0.2, 0) is 16.1 Å². The number of hydrogen-bond acceptors (Lipinski definition) is 4. The normalized spacial score (nSPS) is 21.9. The molecular formula is C14H18N2O3. The van der Waals surface area contributed by atoms with Crippen LogP contribution >= 0.6 is 0 Å². The Hall–Kier alpha value is -1.88. The summed E-state index contributed by atoms with van der Waals surface area (Å²) in [4.78, 5) is 16.3. The minimum Gasteiger partial charge on any atom is -0.478 e. The Bertz CT molecular complexity index is 496. The molecule has 0 aromatic heterocycles. The van der Waals surface area contributed by atoms with Gasteiger partial charge in [0, 0.05) is 13.0 Å². The van der Waals surface area contributed by atoms with Crippen LogP contribution in [0.25, 0.3) is 0 Å². The van der Waals surface area contributed by atoms with Gasteiger partial charge in [-0.3, -0.25) is 0 Å². The number of carbonyl (C=O) groups is 1. The van der Waals surface area contributed by atoms with Crippen molar-refractivity contribution >= 4 is 11.7 Å². The van der Waals surface area contributed by atoms with Crippen molar-refractivity contribution in [3.63, 3.8) is 0 Å². The van der Waals surface area contributed by atoms with Gasteiger partial charge < -0.3 is 15.7 Å². The molecule has 0 radical (unpaired) electrons. The second-order valence-electron chi connectivity index (χ2n) is 4.76. The number of oxime groups is 1. The van der Waals surface area contributed by atoms with Gasteiger partial charge in [0.25, 0.3) is 5.60 Å². The molecule has 0 bridgehead atoms. The number of carboxylic acid groups (broad SMARTS) is 1. The molecule has 0 aliphatic carbocycles. The monoisotopic (exact) mass is 262 g/mol. The van der Waals surface area contributed by atoms with E-state index in [9.17, 15) is 4.79 Å². The van der Waals surface area contributed by atoms with E-state index in [4.69, 9.17) is 15.7 Å². The Kier molecular flexibility index (Phi) is 3.85. The van der Waals surface area contributed by atoms with Crippen LogP contribution in [0.5, 0.6) is 0 Å². The lowest BCUT2D eigenvalue weighted by atomic mass is 9.94. The first-order chi connectivity index (χ1) is 9.11. The SMILES string of the molecule is CCCc1ccc(C2=NOC(CN)(C(=O)O)C2)cc1. The Balaban J connectivity index is 2.14. The van der Waals surface area contributed by atoms with E-state index >= 15 is 0 Å². The molecule has 1 atom stereocenters. The maximum absolute atomic E-state index is 11.2. The van der Waals surface area contributed by atoms with Gasteiger partial charge in [0.15, 0.2) is 0 Å². The molecule has 1 aromatic carbocycles. The average Bonchev–Trinajstić information content (AvgIpc) is 2.86. The van der Waals surface area contributed by atoms with Crippen LogP contribution in [0, 0.1) is 0 Å². The van der Waals surface area contributed by atoms with E-state index in [1.807, 2.05) is 24.3 Å². The summed E-state index contributed by atoms with van der Waals surface area (Å²) in [5.41, 5.74) is 6.87. The summed E-state index contributed by atoms with van der Waals surface area (Å²) in [5.74, 6) is -1.07. The van der Waals surface area contributed by atoms with Crippen molar-refractivity contribution in [1.82, 2.24) is 0 Å². The number of nitrogens with two attached hydrogens (primary N) is 1. The van der Waals surface area contributed by atoms with Crippen molar-refractivity contribution in [3.8, 4) is 0 Å². The number of nitrogens with zero attached hydrogens (tertiary/aromatic N) is 1. The molecule has 19 heavy (non-hydrogen) atoms. The van der Waals surface area contributed by atoms with Crippen LogP contribution in [0.4, 0.5) is 0 Å². The maximum Gasteiger partial charge on any atom is 0.352 e. The Labute approximate surface area is 112 Å². The molecular weight excluding hydrogens is 244 g/mol. The average molecular weight is 262 g/mol. The zero-order valence-electron chi connectivity index (χ0n) is 10.9. The second-order valence-corrected chi connectivity index (χ2v) is 4.76. The van der Waals surface area contributed by atoms with E-state index in [0.717, 1.165) is 18.4 Å². The fraction of sp³-hybridized carbons (Fsp3) is 0.429. The smallest absolute Gasteiger partial charge is 0.352 e. The number of hydrogen-bond donors (Lipinski definition) is 2. The van der Waals surface area contributed by atoms with Gasteiger partial charge in [-0.2, -0.15) is 0 Å². The summed E-state index contributed by atoms with van der Waals surface area (Å²) in [6.45, 7) is 2.04. The Morgan fingerprint density at radius 2 is 2.16 bits per heavy atom. The zero-order chi connectivity index (χ0) is 13.9. The van der Waals surface area contributed by atoms with Gasteiger partial charge in [0.1, 0.15) is 0 Å². The minimum atomic E-state index is -1.41. The molecule has 1 aliphatic heterocycles. The molecule has 3 N–H and O–H groups in total. The summed E-state index contributed by atoms with van der Waals surface area (Å²) in [7, 11) is 0. The Morgan fingerprint density at radius 1 is 1.47 bits per heavy atom.